The molecule has 3 aromatic rings. The number of aromatic nitrogens is 2. The molecule has 1 N–H and O–H groups in total. The number of benzene rings is 2. The first-order chi connectivity index (χ1) is 14.4. The number of ether oxygens (including phenoxy) is 1. The van der Waals surface area contributed by atoms with Crippen LogP contribution in [-0.2, 0) is 9.53 Å². The lowest BCUT2D eigenvalue weighted by molar-refractivity contribution is -0.384. The number of non-ortho nitro benzene ring substituents is 1. The Kier molecular flexibility index (Phi) is 6.48. The van der Waals surface area contributed by atoms with E-state index < -0.39 is 22.9 Å². The van der Waals surface area contributed by atoms with Crippen LogP contribution in [0.3, 0.4) is 0 Å². The Labute approximate surface area is 171 Å². The van der Waals surface area contributed by atoms with Gasteiger partial charge in [-0.15, -0.1) is 10.2 Å². The average Bonchev–Trinajstić information content (AvgIpc) is 3.25. The van der Waals surface area contributed by atoms with Crippen LogP contribution in [0.25, 0.3) is 11.5 Å². The first kappa shape index (κ1) is 20.6. The van der Waals surface area contributed by atoms with Gasteiger partial charge >= 0.3 is 5.97 Å². The molecule has 0 bridgehead atoms. The molecule has 0 unspecified atom stereocenters. The Morgan fingerprint density at radius 1 is 1.13 bits per heavy atom. The predicted octanol–water partition coefficient (Wildman–Crippen LogP) is 3.07. The average molecular weight is 410 g/mol. The van der Waals surface area contributed by atoms with Gasteiger partial charge in [-0.3, -0.25) is 19.7 Å². The summed E-state index contributed by atoms with van der Waals surface area (Å²) in [7, 11) is 0. The van der Waals surface area contributed by atoms with E-state index in [-0.39, 0.29) is 30.1 Å². The molecule has 0 aliphatic carbocycles. The second-order valence-electron chi connectivity index (χ2n) is 6.25. The maximum Gasteiger partial charge on any atom is 0.308 e. The normalized spacial score (nSPS) is 11.5. The molecule has 0 aliphatic rings. The lowest BCUT2D eigenvalue weighted by Gasteiger charge is -2.10. The molecule has 2 aromatic carbocycles. The van der Waals surface area contributed by atoms with Gasteiger partial charge in [-0.1, -0.05) is 18.2 Å². The highest BCUT2D eigenvalue weighted by atomic mass is 16.6. The van der Waals surface area contributed by atoms with Crippen LogP contribution in [0.1, 0.15) is 35.7 Å². The molecule has 0 saturated heterocycles. The van der Waals surface area contributed by atoms with Gasteiger partial charge in [0.1, 0.15) is 0 Å². The quantitative estimate of drug-likeness (QED) is 0.340. The zero-order chi connectivity index (χ0) is 21.5. The van der Waals surface area contributed by atoms with Crippen molar-refractivity contribution < 1.29 is 23.7 Å². The number of hydrogen-bond donors (Lipinski definition) is 1. The molecule has 0 radical (unpaired) electrons. The SMILES string of the molecule is C[C@H](OC(=O)CCNC(=O)c1ccc([N+](=O)[O-])cc1)c1nnc(-c2ccccc2)o1. The summed E-state index contributed by atoms with van der Waals surface area (Å²) in [4.78, 5) is 34.1. The van der Waals surface area contributed by atoms with Crippen LogP contribution < -0.4 is 5.32 Å². The summed E-state index contributed by atoms with van der Waals surface area (Å²) in [6.07, 6.45) is -0.809. The van der Waals surface area contributed by atoms with Gasteiger partial charge in [-0.05, 0) is 31.2 Å². The van der Waals surface area contributed by atoms with Gasteiger partial charge in [0.15, 0.2) is 6.10 Å². The van der Waals surface area contributed by atoms with Gasteiger partial charge in [0.05, 0.1) is 11.3 Å². The van der Waals surface area contributed by atoms with Crippen molar-refractivity contribution in [2.75, 3.05) is 6.54 Å². The summed E-state index contributed by atoms with van der Waals surface area (Å²) in [6, 6.07) is 14.3. The van der Waals surface area contributed by atoms with Gasteiger partial charge in [-0.25, -0.2) is 0 Å². The number of nitro groups is 1. The van der Waals surface area contributed by atoms with Gasteiger partial charge in [0, 0.05) is 29.8 Å². The summed E-state index contributed by atoms with van der Waals surface area (Å²) >= 11 is 0. The van der Waals surface area contributed by atoms with E-state index in [1.54, 1.807) is 6.92 Å². The van der Waals surface area contributed by atoms with Crippen LogP contribution in [0.4, 0.5) is 5.69 Å². The topological polar surface area (TPSA) is 137 Å². The van der Waals surface area contributed by atoms with E-state index in [1.807, 2.05) is 30.3 Å². The third-order valence-corrected chi connectivity index (χ3v) is 4.07. The van der Waals surface area contributed by atoms with E-state index in [9.17, 15) is 19.7 Å². The number of esters is 1. The Balaban J connectivity index is 1.46. The molecule has 0 fully saturated rings. The number of carbonyl (C=O) groups excluding carboxylic acids is 2. The first-order valence-corrected chi connectivity index (χ1v) is 9.05. The van der Waals surface area contributed by atoms with Crippen molar-refractivity contribution in [2.24, 2.45) is 0 Å². The fourth-order valence-electron chi connectivity index (χ4n) is 2.52. The minimum absolute atomic E-state index is 0.0421. The molecule has 10 nitrogen and oxygen atoms in total. The summed E-state index contributed by atoms with van der Waals surface area (Å²) in [6.45, 7) is 1.65. The van der Waals surface area contributed by atoms with Crippen molar-refractivity contribution in [3.8, 4) is 11.5 Å². The summed E-state index contributed by atoms with van der Waals surface area (Å²) in [5.74, 6) is -0.512. The van der Waals surface area contributed by atoms with Crippen molar-refractivity contribution in [3.63, 3.8) is 0 Å². The van der Waals surface area contributed by atoms with Crippen LogP contribution >= 0.6 is 0 Å². The van der Waals surface area contributed by atoms with Crippen molar-refractivity contribution in [1.82, 2.24) is 15.5 Å². The molecule has 1 aromatic heterocycles. The van der Waals surface area contributed by atoms with E-state index >= 15 is 0 Å². The second kappa shape index (κ2) is 9.41. The number of nitrogens with one attached hydrogen (secondary N) is 1. The number of rotatable bonds is 8. The van der Waals surface area contributed by atoms with Crippen LogP contribution in [0, 0.1) is 10.1 Å². The maximum absolute atomic E-state index is 12.0. The number of nitrogens with zero attached hydrogens (tertiary/aromatic N) is 3. The molecule has 30 heavy (non-hydrogen) atoms. The number of carbonyl (C=O) groups is 2. The highest BCUT2D eigenvalue weighted by Crippen LogP contribution is 2.22. The third-order valence-electron chi connectivity index (χ3n) is 4.07. The maximum atomic E-state index is 12.0. The highest BCUT2D eigenvalue weighted by Gasteiger charge is 2.19. The van der Waals surface area contributed by atoms with Crippen molar-refractivity contribution >= 4 is 17.6 Å². The highest BCUT2D eigenvalue weighted by molar-refractivity contribution is 5.94. The molecule has 0 saturated carbocycles. The van der Waals surface area contributed by atoms with Gasteiger partial charge in [0.25, 0.3) is 17.5 Å². The Bertz CT molecular complexity index is 1030. The van der Waals surface area contributed by atoms with E-state index in [0.717, 1.165) is 5.56 Å². The third kappa shape index (κ3) is 5.25. The standard InChI is InChI=1S/C20H18N4O6/c1-13(19-22-23-20(30-19)15-5-3-2-4-6-15)29-17(25)11-12-21-18(26)14-7-9-16(10-8-14)24(27)28/h2-10,13H,11-12H2,1H3,(H,21,26)/t13-/m0/s1. The molecule has 0 aliphatic heterocycles. The summed E-state index contributed by atoms with van der Waals surface area (Å²) < 4.78 is 10.8. The molecule has 10 heteroatoms. The first-order valence-electron chi connectivity index (χ1n) is 9.05. The van der Waals surface area contributed by atoms with E-state index in [2.05, 4.69) is 15.5 Å². The second-order valence-corrected chi connectivity index (χ2v) is 6.25. The zero-order valence-electron chi connectivity index (χ0n) is 16.0. The van der Waals surface area contributed by atoms with Crippen molar-refractivity contribution in [3.05, 3.63) is 76.2 Å². The van der Waals surface area contributed by atoms with E-state index in [0.29, 0.717) is 5.89 Å². The Morgan fingerprint density at radius 3 is 2.50 bits per heavy atom. The van der Waals surface area contributed by atoms with Crippen molar-refractivity contribution in [2.45, 2.75) is 19.4 Å². The summed E-state index contributed by atoms with van der Waals surface area (Å²) in [5, 5.41) is 21.0. The van der Waals surface area contributed by atoms with E-state index in [4.69, 9.17) is 9.15 Å². The lowest BCUT2D eigenvalue weighted by Crippen LogP contribution is -2.26. The van der Waals surface area contributed by atoms with Crippen molar-refractivity contribution in [1.29, 1.82) is 0 Å². The van der Waals surface area contributed by atoms with Crippen LogP contribution in [0.5, 0.6) is 0 Å². The molecule has 1 atom stereocenters. The zero-order valence-corrected chi connectivity index (χ0v) is 16.0. The van der Waals surface area contributed by atoms with Crippen LogP contribution in [-0.4, -0.2) is 33.5 Å². The minimum Gasteiger partial charge on any atom is -0.453 e. The minimum atomic E-state index is -0.743. The fraction of sp³-hybridized carbons (Fsp3) is 0.200. The molecule has 0 spiro atoms. The molecular weight excluding hydrogens is 392 g/mol. The fourth-order valence-corrected chi connectivity index (χ4v) is 2.52. The predicted molar refractivity (Wildman–Crippen MR) is 104 cm³/mol. The molecule has 154 valence electrons. The lowest BCUT2D eigenvalue weighted by atomic mass is 10.2. The number of hydrogen-bond acceptors (Lipinski definition) is 8. The van der Waals surface area contributed by atoms with E-state index in [1.165, 1.54) is 24.3 Å². The largest absolute Gasteiger partial charge is 0.453 e. The summed E-state index contributed by atoms with van der Waals surface area (Å²) in [5.41, 5.74) is 0.894. The number of amides is 1. The number of nitro benzene ring substituents is 1. The Hall–Kier alpha value is -4.08. The van der Waals surface area contributed by atoms with Gasteiger partial charge < -0.3 is 14.5 Å². The van der Waals surface area contributed by atoms with Gasteiger partial charge in [-0.2, -0.15) is 0 Å². The van der Waals surface area contributed by atoms with Gasteiger partial charge in [0.2, 0.25) is 5.89 Å². The molecule has 1 heterocycles. The molecular formula is C20H18N4O6. The molecule has 3 rings (SSSR count). The van der Waals surface area contributed by atoms with Crippen LogP contribution in [0.15, 0.2) is 59.0 Å². The van der Waals surface area contributed by atoms with Crippen LogP contribution in [0.2, 0.25) is 0 Å². The smallest absolute Gasteiger partial charge is 0.308 e. The monoisotopic (exact) mass is 410 g/mol. The molecule has 1 amide bonds. The Morgan fingerprint density at radius 2 is 1.83 bits per heavy atom.